The van der Waals surface area contributed by atoms with Crippen molar-refractivity contribution in [2.75, 3.05) is 25.0 Å². The van der Waals surface area contributed by atoms with E-state index in [9.17, 15) is 0 Å². The van der Waals surface area contributed by atoms with Crippen LogP contribution in [-0.4, -0.2) is 44.5 Å². The lowest BCUT2D eigenvalue weighted by molar-refractivity contribution is 0.221. The van der Waals surface area contributed by atoms with Crippen LogP contribution in [0.25, 0.3) is 10.9 Å². The van der Waals surface area contributed by atoms with Crippen LogP contribution in [0.4, 0.5) is 5.69 Å². The van der Waals surface area contributed by atoms with Crippen molar-refractivity contribution in [1.29, 1.82) is 0 Å². The molecule has 3 heterocycles. The van der Waals surface area contributed by atoms with Gasteiger partial charge >= 0.3 is 0 Å². The number of benzene rings is 1. The molecular formula is C20H25ClN6. The van der Waals surface area contributed by atoms with Crippen molar-refractivity contribution in [2.24, 2.45) is 0 Å². The third-order valence-corrected chi connectivity index (χ3v) is 5.30. The zero-order chi connectivity index (χ0) is 18.5. The number of fused-ring (bicyclic) bond motifs is 1. The zero-order valence-corrected chi connectivity index (χ0v) is 16.2. The number of nitrogens with zero attached hydrogens (tertiary/aromatic N) is 5. The number of aryl methyl sites for hydroxylation is 1. The predicted octanol–water partition coefficient (Wildman–Crippen LogP) is 3.97. The van der Waals surface area contributed by atoms with Crippen LogP contribution in [-0.2, 0) is 13.1 Å². The highest BCUT2D eigenvalue weighted by molar-refractivity contribution is 6.31. The quantitative estimate of drug-likeness (QED) is 0.668. The highest BCUT2D eigenvalue weighted by atomic mass is 35.5. The van der Waals surface area contributed by atoms with Crippen molar-refractivity contribution < 1.29 is 0 Å². The van der Waals surface area contributed by atoms with Gasteiger partial charge in [0.15, 0.2) is 0 Å². The number of likely N-dealkylation sites (tertiary alicyclic amines) is 1. The Morgan fingerprint density at radius 3 is 2.85 bits per heavy atom. The zero-order valence-electron chi connectivity index (χ0n) is 15.4. The number of halogens is 1. The molecule has 0 atom stereocenters. The van der Waals surface area contributed by atoms with Gasteiger partial charge in [-0.25, -0.2) is 0 Å². The third kappa shape index (κ3) is 4.76. The maximum Gasteiger partial charge on any atom is 0.102 e. The summed E-state index contributed by atoms with van der Waals surface area (Å²) in [5.74, 6) is 0. The van der Waals surface area contributed by atoms with E-state index in [4.69, 9.17) is 11.6 Å². The Bertz CT molecular complexity index is 887. The number of rotatable bonds is 7. The van der Waals surface area contributed by atoms with E-state index in [-0.39, 0.29) is 0 Å². The van der Waals surface area contributed by atoms with E-state index in [1.165, 1.54) is 32.4 Å². The van der Waals surface area contributed by atoms with Gasteiger partial charge in [0.2, 0.25) is 0 Å². The summed E-state index contributed by atoms with van der Waals surface area (Å²) in [5.41, 5.74) is 2.84. The highest BCUT2D eigenvalue weighted by Crippen LogP contribution is 2.24. The van der Waals surface area contributed by atoms with Gasteiger partial charge in [0.25, 0.3) is 0 Å². The topological polar surface area (TPSA) is 58.9 Å². The molecule has 4 rings (SSSR count). The molecule has 1 saturated heterocycles. The second-order valence-corrected chi connectivity index (χ2v) is 7.54. The summed E-state index contributed by atoms with van der Waals surface area (Å²) >= 11 is 6.05. The summed E-state index contributed by atoms with van der Waals surface area (Å²) < 4.78 is 1.95. The standard InChI is InChI=1S/C20H25ClN6/c21-16-5-6-18-19(7-8-22-20(18)13-16)23-14-17-15-27(25-24-17)12-4-11-26-9-2-1-3-10-26/h5-8,13,15H,1-4,9-12,14H2,(H,22,23). The number of pyridine rings is 1. The molecule has 1 N–H and O–H groups in total. The van der Waals surface area contributed by atoms with Gasteiger partial charge in [-0.2, -0.15) is 0 Å². The van der Waals surface area contributed by atoms with Gasteiger partial charge in [-0.1, -0.05) is 23.2 Å². The van der Waals surface area contributed by atoms with Gasteiger partial charge in [-0.15, -0.1) is 5.10 Å². The minimum absolute atomic E-state index is 0.633. The Morgan fingerprint density at radius 2 is 1.96 bits per heavy atom. The van der Waals surface area contributed by atoms with E-state index >= 15 is 0 Å². The minimum atomic E-state index is 0.633. The van der Waals surface area contributed by atoms with E-state index in [0.717, 1.165) is 41.8 Å². The van der Waals surface area contributed by atoms with Crippen molar-refractivity contribution in [3.8, 4) is 0 Å². The Kier molecular flexibility index (Phi) is 5.84. The average molecular weight is 385 g/mol. The van der Waals surface area contributed by atoms with Crippen LogP contribution in [0.5, 0.6) is 0 Å². The van der Waals surface area contributed by atoms with Crippen molar-refractivity contribution >= 4 is 28.2 Å². The van der Waals surface area contributed by atoms with Gasteiger partial charge in [0.05, 0.1) is 18.3 Å². The molecule has 27 heavy (non-hydrogen) atoms. The summed E-state index contributed by atoms with van der Waals surface area (Å²) in [7, 11) is 0. The van der Waals surface area contributed by atoms with Crippen LogP contribution in [0, 0.1) is 0 Å². The van der Waals surface area contributed by atoms with Gasteiger partial charge in [0.1, 0.15) is 5.69 Å². The predicted molar refractivity (Wildman–Crippen MR) is 109 cm³/mol. The second-order valence-electron chi connectivity index (χ2n) is 7.10. The molecule has 1 aromatic carbocycles. The Hall–Kier alpha value is -2.18. The van der Waals surface area contributed by atoms with Crippen molar-refractivity contribution in [1.82, 2.24) is 24.9 Å². The third-order valence-electron chi connectivity index (χ3n) is 5.06. The fourth-order valence-corrected chi connectivity index (χ4v) is 3.80. The Labute approximate surface area is 164 Å². The monoisotopic (exact) mass is 384 g/mol. The maximum absolute atomic E-state index is 6.05. The minimum Gasteiger partial charge on any atom is -0.379 e. The van der Waals surface area contributed by atoms with Crippen LogP contribution < -0.4 is 5.32 Å². The number of hydrogen-bond donors (Lipinski definition) is 1. The second kappa shape index (κ2) is 8.67. The van der Waals surface area contributed by atoms with Crippen LogP contribution in [0.3, 0.4) is 0 Å². The van der Waals surface area contributed by atoms with E-state index in [2.05, 4.69) is 25.5 Å². The lowest BCUT2D eigenvalue weighted by atomic mass is 10.1. The molecule has 1 aliphatic rings. The SMILES string of the molecule is Clc1ccc2c(NCc3cn(CCCN4CCCCC4)nn3)ccnc2c1. The summed E-state index contributed by atoms with van der Waals surface area (Å²) in [5, 5.41) is 13.7. The van der Waals surface area contributed by atoms with Gasteiger partial charge in [-0.05, 0) is 63.2 Å². The molecule has 0 aliphatic carbocycles. The maximum atomic E-state index is 6.05. The molecule has 0 unspecified atom stereocenters. The molecule has 0 amide bonds. The van der Waals surface area contributed by atoms with E-state index in [0.29, 0.717) is 11.6 Å². The van der Waals surface area contributed by atoms with Gasteiger partial charge in [0, 0.05) is 28.8 Å². The van der Waals surface area contributed by atoms with E-state index < -0.39 is 0 Å². The van der Waals surface area contributed by atoms with Gasteiger partial charge in [-0.3, -0.25) is 9.67 Å². The first-order valence-electron chi connectivity index (χ1n) is 9.67. The smallest absolute Gasteiger partial charge is 0.102 e. The molecule has 2 aromatic heterocycles. The van der Waals surface area contributed by atoms with Crippen molar-refractivity contribution in [3.63, 3.8) is 0 Å². The number of anilines is 1. The summed E-state index contributed by atoms with van der Waals surface area (Å²) in [6, 6.07) is 7.72. The number of piperidine rings is 1. The Morgan fingerprint density at radius 1 is 1.07 bits per heavy atom. The van der Waals surface area contributed by atoms with Crippen LogP contribution in [0.1, 0.15) is 31.4 Å². The summed E-state index contributed by atoms with van der Waals surface area (Å²) in [6.07, 6.45) is 9.01. The highest BCUT2D eigenvalue weighted by Gasteiger charge is 2.10. The van der Waals surface area contributed by atoms with Gasteiger partial charge < -0.3 is 10.2 Å². The lowest BCUT2D eigenvalue weighted by Crippen LogP contribution is -2.31. The van der Waals surface area contributed by atoms with Crippen LogP contribution in [0.2, 0.25) is 5.02 Å². The average Bonchev–Trinajstić information content (AvgIpc) is 3.14. The van der Waals surface area contributed by atoms with E-state index in [1.54, 1.807) is 6.20 Å². The molecule has 6 nitrogen and oxygen atoms in total. The molecule has 0 radical (unpaired) electrons. The summed E-state index contributed by atoms with van der Waals surface area (Å²) in [4.78, 5) is 6.93. The number of hydrogen-bond acceptors (Lipinski definition) is 5. The molecule has 1 fully saturated rings. The first-order chi connectivity index (χ1) is 13.3. The lowest BCUT2D eigenvalue weighted by Gasteiger charge is -2.26. The molecular weight excluding hydrogens is 360 g/mol. The molecule has 7 heteroatoms. The molecule has 142 valence electrons. The molecule has 0 spiro atoms. The van der Waals surface area contributed by atoms with Crippen molar-refractivity contribution in [2.45, 2.75) is 38.8 Å². The first-order valence-corrected chi connectivity index (χ1v) is 10.1. The molecule has 3 aromatic rings. The molecule has 0 saturated carbocycles. The van der Waals surface area contributed by atoms with Crippen LogP contribution >= 0.6 is 11.6 Å². The molecule has 1 aliphatic heterocycles. The largest absolute Gasteiger partial charge is 0.379 e. The molecule has 0 bridgehead atoms. The number of aromatic nitrogens is 4. The van der Waals surface area contributed by atoms with E-state index in [1.807, 2.05) is 35.1 Å². The van der Waals surface area contributed by atoms with Crippen molar-refractivity contribution in [3.05, 3.63) is 47.4 Å². The summed E-state index contributed by atoms with van der Waals surface area (Å²) in [6.45, 7) is 5.20. The normalized spacial score (nSPS) is 15.3. The van der Waals surface area contributed by atoms with Crippen LogP contribution in [0.15, 0.2) is 36.7 Å². The fourth-order valence-electron chi connectivity index (χ4n) is 3.63. The fraction of sp³-hybridized carbons (Fsp3) is 0.450. The Balaban J connectivity index is 1.30. The number of nitrogens with one attached hydrogen (secondary N) is 1. The first kappa shape index (κ1) is 18.2.